The van der Waals surface area contributed by atoms with Gasteiger partial charge in [-0.05, 0) is 12.1 Å². The highest BCUT2D eigenvalue weighted by molar-refractivity contribution is 5.85. The highest BCUT2D eigenvalue weighted by Crippen LogP contribution is 2.46. The van der Waals surface area contributed by atoms with Gasteiger partial charge in [0.25, 0.3) is 0 Å². The highest BCUT2D eigenvalue weighted by Gasteiger charge is 2.51. The molecular weight excluding hydrogens is 422 g/mol. The van der Waals surface area contributed by atoms with E-state index in [4.69, 9.17) is 0 Å². The van der Waals surface area contributed by atoms with Crippen LogP contribution in [0.25, 0.3) is 0 Å². The van der Waals surface area contributed by atoms with Crippen molar-refractivity contribution in [2.45, 2.75) is 24.6 Å². The number of piperazine rings is 1. The number of hydrogen-bond acceptors (Lipinski definition) is 2. The number of halogens is 11. The van der Waals surface area contributed by atoms with E-state index in [-0.39, 0.29) is 44.7 Å². The van der Waals surface area contributed by atoms with Crippen LogP contribution in [0.15, 0.2) is 12.1 Å². The summed E-state index contributed by atoms with van der Waals surface area (Å²) in [4.78, 5) is 0.567. The van der Waals surface area contributed by atoms with Gasteiger partial charge < -0.3 is 5.32 Å². The van der Waals surface area contributed by atoms with E-state index in [1.54, 1.807) is 0 Å². The van der Waals surface area contributed by atoms with Crippen LogP contribution in [0.1, 0.15) is 22.7 Å². The van der Waals surface area contributed by atoms with Gasteiger partial charge in [0.15, 0.2) is 0 Å². The lowest BCUT2D eigenvalue weighted by atomic mass is 9.94. The Morgan fingerprint density at radius 3 is 1.78 bits per heavy atom. The maximum absolute atomic E-state index is 14.2. The van der Waals surface area contributed by atoms with Crippen LogP contribution in [-0.2, 0) is 12.4 Å². The molecule has 1 fully saturated rings. The van der Waals surface area contributed by atoms with Gasteiger partial charge in [-0.3, -0.25) is 4.90 Å². The van der Waals surface area contributed by atoms with E-state index in [0.29, 0.717) is 4.90 Å². The molecule has 1 saturated heterocycles. The van der Waals surface area contributed by atoms with E-state index < -0.39 is 53.1 Å². The molecule has 1 aromatic carbocycles. The summed E-state index contributed by atoms with van der Waals surface area (Å²) in [7, 11) is 0. The maximum Gasteiger partial charge on any atom is 0.416 e. The number of rotatable bonds is 2. The third-order valence-corrected chi connectivity index (χ3v) is 3.86. The van der Waals surface area contributed by atoms with Crippen LogP contribution in [0.3, 0.4) is 0 Å². The first kappa shape index (κ1) is 23.8. The zero-order chi connectivity index (χ0) is 19.9. The molecule has 156 valence electrons. The Morgan fingerprint density at radius 2 is 1.37 bits per heavy atom. The minimum Gasteiger partial charge on any atom is -0.314 e. The molecule has 27 heavy (non-hydrogen) atoms. The zero-order valence-electron chi connectivity index (χ0n) is 13.2. The van der Waals surface area contributed by atoms with Crippen LogP contribution >= 0.6 is 12.4 Å². The molecule has 0 saturated carbocycles. The predicted molar refractivity (Wildman–Crippen MR) is 76.9 cm³/mol. The van der Waals surface area contributed by atoms with Crippen LogP contribution in [-0.4, -0.2) is 37.3 Å². The first-order valence-corrected chi connectivity index (χ1v) is 7.22. The van der Waals surface area contributed by atoms with Gasteiger partial charge in [-0.25, -0.2) is 4.39 Å². The molecule has 0 radical (unpaired) electrons. The lowest BCUT2D eigenvalue weighted by molar-refractivity contribution is -0.191. The van der Waals surface area contributed by atoms with Crippen molar-refractivity contribution >= 4 is 12.4 Å². The minimum atomic E-state index is -5.60. The molecule has 0 unspecified atom stereocenters. The van der Waals surface area contributed by atoms with E-state index in [2.05, 4.69) is 5.32 Å². The average Bonchev–Trinajstić information content (AvgIpc) is 2.46. The molecule has 1 aliphatic rings. The summed E-state index contributed by atoms with van der Waals surface area (Å²) < 4.78 is 132. The summed E-state index contributed by atoms with van der Waals surface area (Å²) in [5.74, 6) is -2.20. The quantitative estimate of drug-likeness (QED) is 0.673. The Kier molecular flexibility index (Phi) is 7.04. The van der Waals surface area contributed by atoms with Crippen molar-refractivity contribution in [2.24, 2.45) is 0 Å². The topological polar surface area (TPSA) is 15.3 Å². The van der Waals surface area contributed by atoms with E-state index in [1.165, 1.54) is 0 Å². The molecule has 2 rings (SSSR count). The van der Waals surface area contributed by atoms with Crippen LogP contribution < -0.4 is 5.32 Å². The number of alkyl halides is 9. The highest BCUT2D eigenvalue weighted by atomic mass is 35.5. The average molecular weight is 435 g/mol. The summed E-state index contributed by atoms with van der Waals surface area (Å²) in [6.07, 6.45) is -16.3. The van der Waals surface area contributed by atoms with E-state index in [9.17, 15) is 43.9 Å². The molecule has 1 atom stereocenters. The molecular formula is C14H13ClF10N2. The number of nitrogens with zero attached hydrogens (tertiary/aromatic N) is 1. The summed E-state index contributed by atoms with van der Waals surface area (Å²) in [5, 5.41) is 2.69. The van der Waals surface area contributed by atoms with Crippen molar-refractivity contribution < 1.29 is 43.9 Å². The second-order valence-electron chi connectivity index (χ2n) is 5.64. The van der Waals surface area contributed by atoms with E-state index in [0.717, 1.165) is 0 Å². The third kappa shape index (κ3) is 5.38. The fourth-order valence-electron chi connectivity index (χ4n) is 2.79. The lowest BCUT2D eigenvalue weighted by Crippen LogP contribution is -2.49. The number of benzene rings is 1. The van der Waals surface area contributed by atoms with Crippen molar-refractivity contribution in [1.29, 1.82) is 0 Å². The monoisotopic (exact) mass is 434 g/mol. The number of nitrogens with one attached hydrogen (secondary N) is 1. The molecule has 13 heteroatoms. The predicted octanol–water partition coefficient (Wildman–Crippen LogP) is 4.79. The van der Waals surface area contributed by atoms with Gasteiger partial charge >= 0.3 is 18.5 Å². The molecule has 0 spiro atoms. The van der Waals surface area contributed by atoms with Gasteiger partial charge in [-0.2, -0.15) is 39.5 Å². The van der Waals surface area contributed by atoms with Crippen LogP contribution in [0.2, 0.25) is 0 Å². The van der Waals surface area contributed by atoms with Gasteiger partial charge in [-0.1, -0.05) is 0 Å². The summed E-state index contributed by atoms with van der Waals surface area (Å²) in [6.45, 7) is -0.670. The molecule has 1 N–H and O–H groups in total. The molecule has 0 amide bonds. The molecule has 0 aromatic heterocycles. The first-order valence-electron chi connectivity index (χ1n) is 7.22. The zero-order valence-corrected chi connectivity index (χ0v) is 14.0. The Hall–Kier alpha value is -1.27. The number of hydrogen-bond donors (Lipinski definition) is 1. The Morgan fingerprint density at radius 1 is 0.852 bits per heavy atom. The van der Waals surface area contributed by atoms with Crippen LogP contribution in [0.4, 0.5) is 43.9 Å². The van der Waals surface area contributed by atoms with Gasteiger partial charge in [0, 0.05) is 31.7 Å². The van der Waals surface area contributed by atoms with Crippen molar-refractivity contribution in [3.05, 3.63) is 34.6 Å². The maximum atomic E-state index is 14.2. The van der Waals surface area contributed by atoms with Crippen LogP contribution in [0, 0.1) is 5.82 Å². The molecule has 0 bridgehead atoms. The Bertz CT molecular complexity index is 647. The van der Waals surface area contributed by atoms with Gasteiger partial charge in [0.2, 0.25) is 0 Å². The standard InChI is InChI=1S/C14H12F10N2.ClH/c15-9-6-7(12(16,17)18)5-8(13(19,20)21)10(9)11(14(22,23)24)26-3-1-25-2-4-26;/h5-6,11,25H,1-4H2;1H/t11-;/m0./s1. The van der Waals surface area contributed by atoms with Gasteiger partial charge in [-0.15, -0.1) is 12.4 Å². The molecule has 0 aliphatic carbocycles. The minimum absolute atomic E-state index is 0. The largest absolute Gasteiger partial charge is 0.416 e. The SMILES string of the molecule is Cl.Fc1cc(C(F)(F)F)cc(C(F)(F)F)c1[C@H](N1CCNCC1)C(F)(F)F. The van der Waals surface area contributed by atoms with E-state index >= 15 is 0 Å². The normalized spacial score (nSPS) is 18.1. The molecule has 1 heterocycles. The lowest BCUT2D eigenvalue weighted by Gasteiger charge is -2.37. The first-order chi connectivity index (χ1) is 11.7. The fraction of sp³-hybridized carbons (Fsp3) is 0.571. The van der Waals surface area contributed by atoms with Crippen molar-refractivity contribution in [1.82, 2.24) is 10.2 Å². The molecule has 1 aromatic rings. The van der Waals surface area contributed by atoms with Gasteiger partial charge in [0.1, 0.15) is 11.9 Å². The second-order valence-corrected chi connectivity index (χ2v) is 5.64. The summed E-state index contributed by atoms with van der Waals surface area (Å²) in [5.41, 5.74) is -6.14. The third-order valence-electron chi connectivity index (χ3n) is 3.86. The Balaban J connectivity index is 0.00000364. The fourth-order valence-corrected chi connectivity index (χ4v) is 2.79. The molecule has 2 nitrogen and oxygen atoms in total. The summed E-state index contributed by atoms with van der Waals surface area (Å²) in [6, 6.07) is -3.84. The van der Waals surface area contributed by atoms with Crippen LogP contribution in [0.5, 0.6) is 0 Å². The van der Waals surface area contributed by atoms with E-state index in [1.807, 2.05) is 0 Å². The smallest absolute Gasteiger partial charge is 0.314 e. The summed E-state index contributed by atoms with van der Waals surface area (Å²) >= 11 is 0. The van der Waals surface area contributed by atoms with Crippen molar-refractivity contribution in [3.63, 3.8) is 0 Å². The Labute approximate surface area is 152 Å². The second kappa shape index (κ2) is 8.00. The van der Waals surface area contributed by atoms with Crippen molar-refractivity contribution in [3.8, 4) is 0 Å². The van der Waals surface area contributed by atoms with Gasteiger partial charge in [0.05, 0.1) is 11.1 Å². The van der Waals surface area contributed by atoms with Crippen molar-refractivity contribution in [2.75, 3.05) is 26.2 Å². The molecule has 1 aliphatic heterocycles.